The van der Waals surface area contributed by atoms with Crippen molar-refractivity contribution in [3.63, 3.8) is 0 Å². The van der Waals surface area contributed by atoms with Crippen LogP contribution in [0.2, 0.25) is 0 Å². The first kappa shape index (κ1) is 14.1. The van der Waals surface area contributed by atoms with Crippen LogP contribution < -0.4 is 5.32 Å². The van der Waals surface area contributed by atoms with Crippen LogP contribution in [-0.4, -0.2) is 22.1 Å². The van der Waals surface area contributed by atoms with Gasteiger partial charge in [-0.3, -0.25) is 4.79 Å². The molecule has 21 heavy (non-hydrogen) atoms. The van der Waals surface area contributed by atoms with Crippen molar-refractivity contribution in [2.75, 3.05) is 5.32 Å². The summed E-state index contributed by atoms with van der Waals surface area (Å²) in [6.45, 7) is 0. The molecular formula is C16H18N2O2S. The molecule has 1 aromatic heterocycles. The van der Waals surface area contributed by atoms with Gasteiger partial charge in [0.1, 0.15) is 5.01 Å². The van der Waals surface area contributed by atoms with E-state index in [1.807, 2.05) is 17.5 Å². The third-order valence-corrected chi connectivity index (χ3v) is 4.78. The number of rotatable bonds is 4. The van der Waals surface area contributed by atoms with Crippen molar-refractivity contribution in [2.45, 2.75) is 31.7 Å². The standard InChI is InChI=1S/C16H18N2O2S/c19-16(20)12-2-1-3-14(10-12)18-13-6-4-11(5-7-13)15-17-8-9-21-15/h4-9,12,14,18H,1-3,10H2,(H,19,20). The Bertz CT molecular complexity index is 595. The summed E-state index contributed by atoms with van der Waals surface area (Å²) in [5, 5.41) is 15.6. The zero-order valence-corrected chi connectivity index (χ0v) is 12.5. The molecule has 2 N–H and O–H groups in total. The van der Waals surface area contributed by atoms with Gasteiger partial charge in [-0.2, -0.15) is 0 Å². The lowest BCUT2D eigenvalue weighted by molar-refractivity contribution is -0.142. The van der Waals surface area contributed by atoms with Crippen molar-refractivity contribution in [3.8, 4) is 10.6 Å². The fourth-order valence-electron chi connectivity index (χ4n) is 2.86. The Balaban J connectivity index is 1.64. The molecule has 2 atom stereocenters. The zero-order chi connectivity index (χ0) is 14.7. The highest BCUT2D eigenvalue weighted by Gasteiger charge is 2.26. The second-order valence-corrected chi connectivity index (χ2v) is 6.35. The molecule has 2 aromatic rings. The summed E-state index contributed by atoms with van der Waals surface area (Å²) in [5.74, 6) is -0.869. The van der Waals surface area contributed by atoms with Crippen LogP contribution in [-0.2, 0) is 4.79 Å². The summed E-state index contributed by atoms with van der Waals surface area (Å²) in [5.41, 5.74) is 2.16. The van der Waals surface area contributed by atoms with Crippen molar-refractivity contribution in [2.24, 2.45) is 5.92 Å². The molecule has 4 nitrogen and oxygen atoms in total. The number of carboxylic acid groups (broad SMARTS) is 1. The molecule has 110 valence electrons. The molecule has 0 aliphatic heterocycles. The Hall–Kier alpha value is -1.88. The summed E-state index contributed by atoms with van der Waals surface area (Å²) in [6, 6.07) is 8.45. The maximum atomic E-state index is 11.1. The number of carbonyl (C=O) groups is 1. The normalized spacial score (nSPS) is 21.9. The minimum atomic E-state index is -0.666. The Kier molecular flexibility index (Phi) is 4.20. The van der Waals surface area contributed by atoms with Crippen LogP contribution in [0.15, 0.2) is 35.8 Å². The SMILES string of the molecule is O=C(O)C1CCCC(Nc2ccc(-c3nccs3)cc2)C1. The number of hydrogen-bond donors (Lipinski definition) is 2. The molecule has 0 spiro atoms. The Morgan fingerprint density at radius 3 is 2.76 bits per heavy atom. The molecule has 3 rings (SSSR count). The van der Waals surface area contributed by atoms with Gasteiger partial charge < -0.3 is 10.4 Å². The quantitative estimate of drug-likeness (QED) is 0.900. The summed E-state index contributed by atoms with van der Waals surface area (Å²) in [6.07, 6.45) is 5.34. The Morgan fingerprint density at radius 1 is 1.29 bits per heavy atom. The number of anilines is 1. The van der Waals surface area contributed by atoms with Gasteiger partial charge in [-0.15, -0.1) is 11.3 Å². The van der Waals surface area contributed by atoms with Crippen molar-refractivity contribution >= 4 is 23.0 Å². The van der Waals surface area contributed by atoms with E-state index >= 15 is 0 Å². The second kappa shape index (κ2) is 6.26. The van der Waals surface area contributed by atoms with E-state index in [1.54, 1.807) is 17.5 Å². The number of benzene rings is 1. The van der Waals surface area contributed by atoms with Crippen LogP contribution in [0.4, 0.5) is 5.69 Å². The first-order valence-corrected chi connectivity index (χ1v) is 8.09. The Labute approximate surface area is 127 Å². The topological polar surface area (TPSA) is 62.2 Å². The van der Waals surface area contributed by atoms with Gasteiger partial charge in [-0.25, -0.2) is 4.98 Å². The van der Waals surface area contributed by atoms with E-state index in [0.717, 1.165) is 35.5 Å². The van der Waals surface area contributed by atoms with E-state index in [0.29, 0.717) is 6.42 Å². The Morgan fingerprint density at radius 2 is 2.10 bits per heavy atom. The van der Waals surface area contributed by atoms with E-state index in [9.17, 15) is 4.79 Å². The lowest BCUT2D eigenvalue weighted by atomic mass is 9.85. The fourth-order valence-corrected chi connectivity index (χ4v) is 3.50. The van der Waals surface area contributed by atoms with Crippen molar-refractivity contribution in [1.29, 1.82) is 0 Å². The molecule has 0 amide bonds. The first-order chi connectivity index (χ1) is 10.2. The average molecular weight is 302 g/mol. The van der Waals surface area contributed by atoms with Gasteiger partial charge in [0.05, 0.1) is 5.92 Å². The molecule has 1 aromatic carbocycles. The molecule has 0 radical (unpaired) electrons. The monoisotopic (exact) mass is 302 g/mol. The lowest BCUT2D eigenvalue weighted by Gasteiger charge is -2.28. The zero-order valence-electron chi connectivity index (χ0n) is 11.7. The van der Waals surface area contributed by atoms with Crippen LogP contribution in [0.25, 0.3) is 10.6 Å². The number of hydrogen-bond acceptors (Lipinski definition) is 4. The van der Waals surface area contributed by atoms with Crippen LogP contribution in [0.1, 0.15) is 25.7 Å². The third kappa shape index (κ3) is 3.42. The molecule has 1 aliphatic rings. The predicted molar refractivity (Wildman–Crippen MR) is 84.6 cm³/mol. The molecule has 0 saturated heterocycles. The second-order valence-electron chi connectivity index (χ2n) is 5.46. The maximum absolute atomic E-state index is 11.1. The van der Waals surface area contributed by atoms with Gasteiger partial charge in [-0.05, 0) is 43.5 Å². The van der Waals surface area contributed by atoms with Crippen molar-refractivity contribution in [1.82, 2.24) is 4.98 Å². The summed E-state index contributed by atoms with van der Waals surface area (Å²) >= 11 is 1.62. The molecular weight excluding hydrogens is 284 g/mol. The average Bonchev–Trinajstić information content (AvgIpc) is 3.02. The molecule has 1 saturated carbocycles. The minimum absolute atomic E-state index is 0.203. The largest absolute Gasteiger partial charge is 0.481 e. The van der Waals surface area contributed by atoms with Crippen molar-refractivity contribution in [3.05, 3.63) is 35.8 Å². The maximum Gasteiger partial charge on any atom is 0.306 e. The molecule has 5 heteroatoms. The lowest BCUT2D eigenvalue weighted by Crippen LogP contribution is -2.30. The van der Waals surface area contributed by atoms with Crippen molar-refractivity contribution < 1.29 is 9.90 Å². The number of carboxylic acids is 1. The van der Waals surface area contributed by atoms with Gasteiger partial charge in [0.15, 0.2) is 0 Å². The van der Waals surface area contributed by atoms with E-state index < -0.39 is 5.97 Å². The minimum Gasteiger partial charge on any atom is -0.481 e. The van der Waals surface area contributed by atoms with Gasteiger partial charge >= 0.3 is 5.97 Å². The molecule has 2 unspecified atom stereocenters. The summed E-state index contributed by atoms with van der Waals surface area (Å²) in [4.78, 5) is 15.4. The molecule has 0 bridgehead atoms. The molecule has 1 heterocycles. The highest BCUT2D eigenvalue weighted by Crippen LogP contribution is 2.28. The fraction of sp³-hybridized carbons (Fsp3) is 0.375. The van der Waals surface area contributed by atoms with Gasteiger partial charge in [0, 0.05) is 28.9 Å². The van der Waals surface area contributed by atoms with E-state index in [1.165, 1.54) is 0 Å². The highest BCUT2D eigenvalue weighted by atomic mass is 32.1. The van der Waals surface area contributed by atoms with Crippen LogP contribution in [0, 0.1) is 5.92 Å². The van der Waals surface area contributed by atoms with E-state index in [2.05, 4.69) is 22.4 Å². The van der Waals surface area contributed by atoms with Gasteiger partial charge in [0.2, 0.25) is 0 Å². The van der Waals surface area contributed by atoms with Gasteiger partial charge in [-0.1, -0.05) is 6.42 Å². The number of nitrogens with zero attached hydrogens (tertiary/aromatic N) is 1. The molecule has 1 fully saturated rings. The summed E-state index contributed by atoms with van der Waals surface area (Å²) < 4.78 is 0. The predicted octanol–water partition coefficient (Wildman–Crippen LogP) is 3.87. The highest BCUT2D eigenvalue weighted by molar-refractivity contribution is 7.13. The smallest absolute Gasteiger partial charge is 0.306 e. The van der Waals surface area contributed by atoms with Crippen LogP contribution in [0.3, 0.4) is 0 Å². The number of aromatic nitrogens is 1. The number of aliphatic carboxylic acids is 1. The van der Waals surface area contributed by atoms with E-state index in [4.69, 9.17) is 5.11 Å². The van der Waals surface area contributed by atoms with E-state index in [-0.39, 0.29) is 12.0 Å². The van der Waals surface area contributed by atoms with Crippen LogP contribution in [0.5, 0.6) is 0 Å². The molecule has 1 aliphatic carbocycles. The number of thiazole rings is 1. The van der Waals surface area contributed by atoms with Crippen LogP contribution >= 0.6 is 11.3 Å². The van der Waals surface area contributed by atoms with Gasteiger partial charge in [0.25, 0.3) is 0 Å². The third-order valence-electron chi connectivity index (χ3n) is 3.96. The first-order valence-electron chi connectivity index (χ1n) is 7.21. The summed E-state index contributed by atoms with van der Waals surface area (Å²) in [7, 11) is 0. The number of nitrogens with one attached hydrogen (secondary N) is 1.